The molecule has 120 valence electrons. The molecule has 8 nitrogen and oxygen atoms in total. The van der Waals surface area contributed by atoms with Crippen LogP contribution in [0.4, 0.5) is 0 Å². The number of aromatic hydroxyl groups is 2. The Morgan fingerprint density at radius 3 is 1.00 bits per heavy atom. The Balaban J connectivity index is 0.000000403. The summed E-state index contributed by atoms with van der Waals surface area (Å²) in [5.74, 6) is -0.144. The molecule has 0 aliphatic heterocycles. The molecule has 11 heteroatoms. The number of benzene rings is 2. The Morgan fingerprint density at radius 1 is 0.609 bits per heavy atom. The van der Waals surface area contributed by atoms with Crippen LogP contribution >= 0.6 is 0 Å². The Bertz CT molecular complexity index is 754. The van der Waals surface area contributed by atoms with Crippen molar-refractivity contribution < 1.29 is 55.6 Å². The van der Waals surface area contributed by atoms with Crippen molar-refractivity contribution in [3.8, 4) is 11.5 Å². The first-order valence-electron chi connectivity index (χ1n) is 5.50. The zero-order valence-corrected chi connectivity index (χ0v) is 16.1. The van der Waals surface area contributed by atoms with Crippen LogP contribution in [0.15, 0.2) is 58.3 Å². The van der Waals surface area contributed by atoms with E-state index >= 15 is 0 Å². The number of rotatable bonds is 2. The van der Waals surface area contributed by atoms with Crippen LogP contribution in [0.1, 0.15) is 0 Å². The third kappa shape index (κ3) is 7.53. The van der Waals surface area contributed by atoms with Gasteiger partial charge in [-0.05, 0) is 48.5 Å². The van der Waals surface area contributed by atoms with Gasteiger partial charge in [0.2, 0.25) is 0 Å². The van der Waals surface area contributed by atoms with Crippen molar-refractivity contribution in [3.05, 3.63) is 48.5 Å². The molecule has 0 heterocycles. The molecule has 2 aromatic rings. The summed E-state index contributed by atoms with van der Waals surface area (Å²) in [4.78, 5) is -0.675. The van der Waals surface area contributed by atoms with Gasteiger partial charge in [0.15, 0.2) is 0 Å². The first-order valence-corrected chi connectivity index (χ1v) is 8.31. The van der Waals surface area contributed by atoms with Gasteiger partial charge in [-0.1, -0.05) is 0 Å². The Hall–Kier alpha value is -1.52. The first-order chi connectivity index (χ1) is 10.00. The van der Waals surface area contributed by atoms with Crippen molar-refractivity contribution in [1.29, 1.82) is 0 Å². The predicted molar refractivity (Wildman–Crippen MR) is 72.1 cm³/mol. The van der Waals surface area contributed by atoms with E-state index in [0.717, 1.165) is 48.5 Å². The molecule has 2 N–H and O–H groups in total. The van der Waals surface area contributed by atoms with E-state index in [1.165, 1.54) is 0 Å². The minimum absolute atomic E-state index is 0. The van der Waals surface area contributed by atoms with Gasteiger partial charge in [-0.2, -0.15) is 0 Å². The fourth-order valence-corrected chi connectivity index (χ4v) is 2.16. The normalized spacial score (nSPS) is 10.9. The fourth-order valence-electron chi connectivity index (χ4n) is 1.23. The van der Waals surface area contributed by atoms with Gasteiger partial charge in [-0.25, -0.2) is 16.8 Å². The zero-order chi connectivity index (χ0) is 17.0. The van der Waals surface area contributed by atoms with Gasteiger partial charge in [-0.15, -0.1) is 0 Å². The summed E-state index contributed by atoms with van der Waals surface area (Å²) < 4.78 is 61.8. The molecule has 2 rings (SSSR count). The molecule has 0 atom stereocenters. The van der Waals surface area contributed by atoms with Crippen LogP contribution in [0.5, 0.6) is 11.5 Å². The van der Waals surface area contributed by atoms with E-state index in [1.807, 2.05) is 0 Å². The Morgan fingerprint density at radius 2 is 0.826 bits per heavy atom. The van der Waals surface area contributed by atoms with E-state index in [2.05, 4.69) is 0 Å². The van der Waals surface area contributed by atoms with Crippen LogP contribution in [-0.4, -0.2) is 36.2 Å². The molecule has 0 aromatic heterocycles. The molecule has 0 aliphatic carbocycles. The number of hydrogen-bond donors (Lipinski definition) is 2. The average molecular weight is 412 g/mol. The van der Waals surface area contributed by atoms with E-state index in [4.69, 9.17) is 10.2 Å². The van der Waals surface area contributed by atoms with Crippen molar-refractivity contribution in [2.24, 2.45) is 0 Å². The quantitative estimate of drug-likeness (QED) is 0.537. The standard InChI is InChI=1S/2C6H6O4S.Zn/c2*7-5-1-3-6(4-2-5)11(8,9)10;/h2*1-4,7H,(H,8,9,10);/q;;+2/p-2. The Kier molecular flexibility index (Phi) is 7.82. The largest absolute Gasteiger partial charge is 2.00 e. The third-order valence-electron chi connectivity index (χ3n) is 2.25. The van der Waals surface area contributed by atoms with E-state index < -0.39 is 20.2 Å². The molecule has 0 fully saturated rings. The molecule has 0 spiro atoms. The summed E-state index contributed by atoms with van der Waals surface area (Å²) in [6, 6.07) is 8.79. The Labute approximate surface area is 145 Å². The first kappa shape index (κ1) is 21.5. The van der Waals surface area contributed by atoms with E-state index in [1.54, 1.807) is 0 Å². The molecule has 0 bridgehead atoms. The predicted octanol–water partition coefficient (Wildman–Crippen LogP) is 0.590. The maximum absolute atomic E-state index is 10.3. The maximum Gasteiger partial charge on any atom is 2.00 e. The van der Waals surface area contributed by atoms with Gasteiger partial charge in [0.05, 0.1) is 9.79 Å². The number of hydrogen-bond acceptors (Lipinski definition) is 8. The minimum atomic E-state index is -4.38. The number of phenolic OH excluding ortho intramolecular Hbond substituents is 2. The summed E-state index contributed by atoms with van der Waals surface area (Å²) >= 11 is 0. The van der Waals surface area contributed by atoms with Crippen molar-refractivity contribution in [2.45, 2.75) is 9.79 Å². The van der Waals surface area contributed by atoms with Crippen molar-refractivity contribution >= 4 is 20.2 Å². The number of phenols is 2. The molecule has 23 heavy (non-hydrogen) atoms. The molecular weight excluding hydrogens is 402 g/mol. The molecule has 0 saturated carbocycles. The summed E-state index contributed by atoms with van der Waals surface area (Å²) in [5.41, 5.74) is 0. The van der Waals surface area contributed by atoms with Crippen LogP contribution in [0, 0.1) is 0 Å². The van der Waals surface area contributed by atoms with E-state index in [-0.39, 0.29) is 40.8 Å². The van der Waals surface area contributed by atoms with Crippen molar-refractivity contribution in [1.82, 2.24) is 0 Å². The smallest absolute Gasteiger partial charge is 0.744 e. The summed E-state index contributed by atoms with van der Waals surface area (Å²) in [6.07, 6.45) is 0. The third-order valence-corrected chi connectivity index (χ3v) is 3.95. The second kappa shape index (κ2) is 8.37. The molecule has 2 aromatic carbocycles. The fraction of sp³-hybridized carbons (Fsp3) is 0. The molecule has 0 aliphatic rings. The van der Waals surface area contributed by atoms with Crippen molar-refractivity contribution in [3.63, 3.8) is 0 Å². The van der Waals surface area contributed by atoms with E-state index in [9.17, 15) is 25.9 Å². The topological polar surface area (TPSA) is 155 Å². The SMILES string of the molecule is O=S(=O)([O-])c1ccc(O)cc1.O=S(=O)([O-])c1ccc(O)cc1.[Zn+2]. The molecule has 0 radical (unpaired) electrons. The van der Waals surface area contributed by atoms with Crippen LogP contribution in [0.3, 0.4) is 0 Å². The zero-order valence-electron chi connectivity index (χ0n) is 11.5. The van der Waals surface area contributed by atoms with Gasteiger partial charge in [0.25, 0.3) is 0 Å². The maximum atomic E-state index is 10.3. The van der Waals surface area contributed by atoms with Crippen molar-refractivity contribution in [2.75, 3.05) is 0 Å². The monoisotopic (exact) mass is 410 g/mol. The summed E-state index contributed by atoms with van der Waals surface area (Å²) in [7, 11) is -8.76. The van der Waals surface area contributed by atoms with Gasteiger partial charge in [-0.3, -0.25) is 0 Å². The van der Waals surface area contributed by atoms with Crippen LogP contribution in [0.2, 0.25) is 0 Å². The van der Waals surface area contributed by atoms with E-state index in [0.29, 0.717) is 0 Å². The van der Waals surface area contributed by atoms with Gasteiger partial charge >= 0.3 is 19.5 Å². The summed E-state index contributed by atoms with van der Waals surface area (Å²) in [6.45, 7) is 0. The minimum Gasteiger partial charge on any atom is -0.744 e. The van der Waals surface area contributed by atoms with Crippen LogP contribution in [0.25, 0.3) is 0 Å². The average Bonchev–Trinajstić information content (AvgIpc) is 2.38. The second-order valence-corrected chi connectivity index (χ2v) is 6.66. The molecular formula is C12H10O8S2Zn. The van der Waals surface area contributed by atoms with Gasteiger partial charge < -0.3 is 19.3 Å². The van der Waals surface area contributed by atoms with Crippen LogP contribution in [-0.2, 0) is 39.7 Å². The molecule has 0 unspecified atom stereocenters. The van der Waals surface area contributed by atoms with Gasteiger partial charge in [0, 0.05) is 0 Å². The second-order valence-electron chi connectivity index (χ2n) is 3.90. The summed E-state index contributed by atoms with van der Waals surface area (Å²) in [5, 5.41) is 17.5. The molecule has 0 saturated heterocycles. The molecule has 0 amide bonds. The van der Waals surface area contributed by atoms with Crippen LogP contribution < -0.4 is 0 Å². The van der Waals surface area contributed by atoms with Gasteiger partial charge in [0.1, 0.15) is 31.7 Å².